The van der Waals surface area contributed by atoms with Crippen molar-refractivity contribution in [3.8, 4) is 5.75 Å². The predicted molar refractivity (Wildman–Crippen MR) is 131 cm³/mol. The summed E-state index contributed by atoms with van der Waals surface area (Å²) in [5.74, 6) is 1.54. The highest BCUT2D eigenvalue weighted by atomic mass is 16.5. The number of amides is 1. The number of fused-ring (bicyclic) bond motifs is 1. The summed E-state index contributed by atoms with van der Waals surface area (Å²) >= 11 is 0. The average Bonchev–Trinajstić information content (AvgIpc) is 2.79. The van der Waals surface area contributed by atoms with Crippen molar-refractivity contribution in [2.75, 3.05) is 44.0 Å². The number of piperidine rings is 1. The minimum atomic E-state index is -0.184. The second-order valence-electron chi connectivity index (χ2n) is 8.86. The lowest BCUT2D eigenvalue weighted by Crippen LogP contribution is -2.42. The van der Waals surface area contributed by atoms with Gasteiger partial charge in [-0.3, -0.25) is 4.79 Å². The van der Waals surface area contributed by atoms with Crippen LogP contribution >= 0.6 is 0 Å². The zero-order chi connectivity index (χ0) is 22.7. The number of carbonyl (C=O) groups is 1. The monoisotopic (exact) mass is 432 g/mol. The maximum absolute atomic E-state index is 12.3. The summed E-state index contributed by atoms with van der Waals surface area (Å²) in [5.41, 5.74) is 4.01. The van der Waals surface area contributed by atoms with Crippen LogP contribution in [0.5, 0.6) is 5.75 Å². The molecule has 32 heavy (non-hydrogen) atoms. The van der Waals surface area contributed by atoms with Crippen LogP contribution in [0, 0.1) is 13.8 Å². The maximum Gasteiger partial charge on any atom is 0.262 e. The molecule has 0 unspecified atom stereocenters. The molecule has 2 heterocycles. The molecule has 0 bridgehead atoms. The molecule has 1 N–H and O–H groups in total. The predicted octanol–water partition coefficient (Wildman–Crippen LogP) is 4.40. The number of anilines is 2. The minimum absolute atomic E-state index is 0.0276. The van der Waals surface area contributed by atoms with Gasteiger partial charge < -0.3 is 19.9 Å². The molecule has 1 aromatic heterocycles. The van der Waals surface area contributed by atoms with Gasteiger partial charge in [0.15, 0.2) is 6.61 Å². The number of ether oxygens (including phenoxy) is 1. The van der Waals surface area contributed by atoms with Crippen molar-refractivity contribution in [2.24, 2.45) is 0 Å². The molecule has 6 heteroatoms. The van der Waals surface area contributed by atoms with E-state index in [1.807, 2.05) is 49.4 Å². The molecule has 0 saturated carbocycles. The van der Waals surface area contributed by atoms with Gasteiger partial charge in [-0.15, -0.1) is 0 Å². The normalized spacial score (nSPS) is 14.7. The van der Waals surface area contributed by atoms with Crippen LogP contribution in [0.25, 0.3) is 10.9 Å². The van der Waals surface area contributed by atoms with Gasteiger partial charge in [0.05, 0.1) is 5.52 Å². The van der Waals surface area contributed by atoms with E-state index in [-0.39, 0.29) is 12.5 Å². The zero-order valence-electron chi connectivity index (χ0n) is 19.4. The summed E-state index contributed by atoms with van der Waals surface area (Å²) in [6.07, 6.45) is 2.31. The summed E-state index contributed by atoms with van der Waals surface area (Å²) in [6, 6.07) is 16.3. The number of hydrogen-bond acceptors (Lipinski definition) is 5. The third-order valence-corrected chi connectivity index (χ3v) is 6.20. The van der Waals surface area contributed by atoms with Crippen molar-refractivity contribution in [1.29, 1.82) is 0 Å². The van der Waals surface area contributed by atoms with E-state index in [0.717, 1.165) is 59.5 Å². The Balaban J connectivity index is 1.41. The van der Waals surface area contributed by atoms with Crippen LogP contribution in [0.3, 0.4) is 0 Å². The Morgan fingerprint density at radius 3 is 2.50 bits per heavy atom. The summed E-state index contributed by atoms with van der Waals surface area (Å²) in [6.45, 7) is 6.14. The summed E-state index contributed by atoms with van der Waals surface area (Å²) in [4.78, 5) is 22.0. The summed E-state index contributed by atoms with van der Waals surface area (Å²) in [7, 11) is 4.31. The third-order valence-electron chi connectivity index (χ3n) is 6.20. The minimum Gasteiger partial charge on any atom is -0.484 e. The molecule has 3 aromatic rings. The molecule has 1 aliphatic heterocycles. The van der Waals surface area contributed by atoms with Crippen LogP contribution < -0.4 is 15.0 Å². The standard InChI is InChI=1S/C26H32N4O2/c1-18-5-8-22(9-6-18)32-17-26(31)27-20-7-10-24-23(16-20)19(2)15-25(28-24)30-13-11-21(12-14-30)29(3)4/h5-10,15-16,21H,11-14,17H2,1-4H3,(H,27,31). The van der Waals surface area contributed by atoms with Crippen LogP contribution in [-0.4, -0.2) is 55.6 Å². The lowest BCUT2D eigenvalue weighted by Gasteiger charge is -2.36. The van der Waals surface area contributed by atoms with E-state index < -0.39 is 0 Å². The van der Waals surface area contributed by atoms with Gasteiger partial charge in [-0.2, -0.15) is 0 Å². The van der Waals surface area contributed by atoms with E-state index in [2.05, 4.69) is 42.2 Å². The van der Waals surface area contributed by atoms with Gasteiger partial charge in [0.25, 0.3) is 5.91 Å². The number of aromatic nitrogens is 1. The fraction of sp³-hybridized carbons (Fsp3) is 0.385. The van der Waals surface area contributed by atoms with E-state index in [1.165, 1.54) is 0 Å². The molecule has 0 aliphatic carbocycles. The highest BCUT2D eigenvalue weighted by molar-refractivity contribution is 5.95. The van der Waals surface area contributed by atoms with Crippen LogP contribution in [0.4, 0.5) is 11.5 Å². The first-order valence-corrected chi connectivity index (χ1v) is 11.2. The smallest absolute Gasteiger partial charge is 0.262 e. The van der Waals surface area contributed by atoms with E-state index >= 15 is 0 Å². The first-order valence-electron chi connectivity index (χ1n) is 11.2. The number of hydrogen-bond donors (Lipinski definition) is 1. The second-order valence-corrected chi connectivity index (χ2v) is 8.86. The van der Waals surface area contributed by atoms with Crippen LogP contribution in [0.1, 0.15) is 24.0 Å². The molecule has 1 aliphatic rings. The maximum atomic E-state index is 12.3. The highest BCUT2D eigenvalue weighted by Crippen LogP contribution is 2.27. The Morgan fingerprint density at radius 1 is 1.09 bits per heavy atom. The highest BCUT2D eigenvalue weighted by Gasteiger charge is 2.22. The molecule has 6 nitrogen and oxygen atoms in total. The topological polar surface area (TPSA) is 57.7 Å². The van der Waals surface area contributed by atoms with Gasteiger partial charge in [0.1, 0.15) is 11.6 Å². The molecule has 0 atom stereocenters. The average molecular weight is 433 g/mol. The summed E-state index contributed by atoms with van der Waals surface area (Å²) in [5, 5.41) is 3.98. The number of rotatable bonds is 6. The molecule has 1 saturated heterocycles. The van der Waals surface area contributed by atoms with Crippen LogP contribution in [0.2, 0.25) is 0 Å². The fourth-order valence-corrected chi connectivity index (χ4v) is 4.21. The fourth-order valence-electron chi connectivity index (χ4n) is 4.21. The summed E-state index contributed by atoms with van der Waals surface area (Å²) < 4.78 is 5.58. The molecular formula is C26H32N4O2. The first kappa shape index (κ1) is 22.1. The molecule has 1 fully saturated rings. The van der Waals surface area contributed by atoms with Crippen molar-refractivity contribution in [1.82, 2.24) is 9.88 Å². The number of nitrogens with one attached hydrogen (secondary N) is 1. The number of benzene rings is 2. The quantitative estimate of drug-likeness (QED) is 0.626. The van der Waals surface area contributed by atoms with Crippen molar-refractivity contribution < 1.29 is 9.53 Å². The van der Waals surface area contributed by atoms with E-state index in [9.17, 15) is 4.79 Å². The van der Waals surface area contributed by atoms with Gasteiger partial charge >= 0.3 is 0 Å². The number of pyridine rings is 1. The van der Waals surface area contributed by atoms with Gasteiger partial charge in [-0.25, -0.2) is 4.98 Å². The van der Waals surface area contributed by atoms with Crippen LogP contribution in [0.15, 0.2) is 48.5 Å². The Morgan fingerprint density at radius 2 is 1.81 bits per heavy atom. The Bertz CT molecular complexity index is 1090. The zero-order valence-corrected chi connectivity index (χ0v) is 19.4. The van der Waals surface area contributed by atoms with Gasteiger partial charge in [0.2, 0.25) is 0 Å². The molecule has 1 amide bonds. The van der Waals surface area contributed by atoms with E-state index in [4.69, 9.17) is 9.72 Å². The molecule has 0 spiro atoms. The van der Waals surface area contributed by atoms with Crippen molar-refractivity contribution in [3.63, 3.8) is 0 Å². The number of carbonyl (C=O) groups excluding carboxylic acids is 1. The largest absolute Gasteiger partial charge is 0.484 e. The van der Waals surface area contributed by atoms with Crippen LogP contribution in [-0.2, 0) is 4.79 Å². The lowest BCUT2D eigenvalue weighted by atomic mass is 10.0. The molecule has 0 radical (unpaired) electrons. The van der Waals surface area contributed by atoms with E-state index in [0.29, 0.717) is 11.8 Å². The SMILES string of the molecule is Cc1ccc(OCC(=O)Nc2ccc3nc(N4CCC(N(C)C)CC4)cc(C)c3c2)cc1. The van der Waals surface area contributed by atoms with E-state index in [1.54, 1.807) is 0 Å². The lowest BCUT2D eigenvalue weighted by molar-refractivity contribution is -0.118. The van der Waals surface area contributed by atoms with Crippen molar-refractivity contribution in [2.45, 2.75) is 32.7 Å². The number of aryl methyl sites for hydroxylation is 2. The first-order chi connectivity index (χ1) is 15.4. The molecule has 2 aromatic carbocycles. The number of nitrogens with zero attached hydrogens (tertiary/aromatic N) is 3. The second kappa shape index (κ2) is 9.57. The van der Waals surface area contributed by atoms with Gasteiger partial charge in [-0.1, -0.05) is 17.7 Å². The molecule has 4 rings (SSSR count). The van der Waals surface area contributed by atoms with Crippen molar-refractivity contribution >= 4 is 28.3 Å². The Kier molecular flexibility index (Phi) is 6.61. The van der Waals surface area contributed by atoms with Gasteiger partial charge in [0, 0.05) is 30.2 Å². The third kappa shape index (κ3) is 5.19. The van der Waals surface area contributed by atoms with Crippen molar-refractivity contribution in [3.05, 3.63) is 59.7 Å². The molecular weight excluding hydrogens is 400 g/mol. The van der Waals surface area contributed by atoms with Gasteiger partial charge in [-0.05, 0) is 82.7 Å². The Hall–Kier alpha value is -3.12. The molecule has 168 valence electrons. The Labute approximate surface area is 190 Å².